The maximum absolute atomic E-state index is 12.0. The van der Waals surface area contributed by atoms with Crippen LogP contribution in [0, 0.1) is 0 Å². The van der Waals surface area contributed by atoms with Gasteiger partial charge in [-0.15, -0.1) is 0 Å². The summed E-state index contributed by atoms with van der Waals surface area (Å²) in [6, 6.07) is 5.89. The molecule has 15 unspecified atom stereocenters. The molecule has 2 aromatic rings. The summed E-state index contributed by atoms with van der Waals surface area (Å²) in [5.74, 6) is -4.82. The molecule has 3 saturated heterocycles. The molecule has 0 aromatic heterocycles. The van der Waals surface area contributed by atoms with E-state index in [2.05, 4.69) is 4.74 Å². The molecule has 0 bridgehead atoms. The molecule has 14 N–H and O–H groups in total. The summed E-state index contributed by atoms with van der Waals surface area (Å²) in [5.41, 5.74) is 0.0784. The topological polar surface area (TPSA) is 375 Å². The van der Waals surface area contributed by atoms with Crippen molar-refractivity contribution in [2.24, 2.45) is 0 Å². The van der Waals surface area contributed by atoms with Crippen LogP contribution in [0.5, 0.6) is 28.7 Å². The molecule has 6 rings (SSSR count). The molecule has 320 valence electrons. The Bertz CT molecular complexity index is 1820. The summed E-state index contributed by atoms with van der Waals surface area (Å²) in [7, 11) is 0. The van der Waals surface area contributed by atoms with Gasteiger partial charge in [0.05, 0.1) is 24.8 Å². The molecule has 0 amide bonds. The third kappa shape index (κ3) is 9.01. The fourth-order valence-electron chi connectivity index (χ4n) is 6.51. The van der Waals surface area contributed by atoms with E-state index in [1.165, 1.54) is 18.2 Å². The van der Waals surface area contributed by atoms with Crippen LogP contribution in [0.1, 0.15) is 23.7 Å². The highest BCUT2D eigenvalue weighted by molar-refractivity contribution is 5.90. The van der Waals surface area contributed by atoms with Crippen LogP contribution < -0.4 is 4.74 Å². The molecule has 4 heterocycles. The first kappa shape index (κ1) is 43.0. The van der Waals surface area contributed by atoms with Gasteiger partial charge in [0, 0.05) is 12.1 Å². The molecule has 0 aliphatic carbocycles. The quantitative estimate of drug-likeness (QED) is 0.0416. The number of aliphatic hydroxyl groups is 10. The van der Waals surface area contributed by atoms with Gasteiger partial charge in [-0.25, -0.2) is 0 Å². The van der Waals surface area contributed by atoms with Crippen LogP contribution in [0.15, 0.2) is 36.1 Å². The number of aromatic hydroxyl groups is 4. The van der Waals surface area contributed by atoms with Gasteiger partial charge in [-0.3, -0.25) is 9.59 Å². The largest absolute Gasteiger partial charge is 0.571 e. The van der Waals surface area contributed by atoms with Gasteiger partial charge in [-0.05, 0) is 18.2 Å². The number of carboxylic acid groups (broad SMARTS) is 1. The lowest BCUT2D eigenvalue weighted by Crippen LogP contribution is -2.63. The number of benzene rings is 2. The average Bonchev–Trinajstić information content (AvgIpc) is 3.18. The summed E-state index contributed by atoms with van der Waals surface area (Å²) in [6.45, 7) is -2.09. The highest BCUT2D eigenvalue weighted by Gasteiger charge is 2.52. The summed E-state index contributed by atoms with van der Waals surface area (Å²) in [6.07, 6.45) is -25.6. The monoisotopic (exact) mass is 831 g/mol. The molecular weight excluding hydrogens is 788 g/mol. The Kier molecular flexibility index (Phi) is 13.1. The third-order valence-electron chi connectivity index (χ3n) is 9.70. The van der Waals surface area contributed by atoms with E-state index in [4.69, 9.17) is 38.3 Å². The van der Waals surface area contributed by atoms with Crippen molar-refractivity contribution in [3.8, 4) is 28.7 Å². The Morgan fingerprint density at radius 3 is 2.12 bits per heavy atom. The summed E-state index contributed by atoms with van der Waals surface area (Å²) in [5, 5.41) is 134. The Morgan fingerprint density at radius 2 is 1.43 bits per heavy atom. The van der Waals surface area contributed by atoms with E-state index < -0.39 is 148 Å². The van der Waals surface area contributed by atoms with E-state index in [1.54, 1.807) is 0 Å². The second-order valence-corrected chi connectivity index (χ2v) is 13.8. The Balaban J connectivity index is 1.35. The van der Waals surface area contributed by atoms with E-state index in [0.29, 0.717) is 0 Å². The number of aliphatic carboxylic acids is 1. The van der Waals surface area contributed by atoms with Gasteiger partial charge in [0.2, 0.25) is 12.6 Å². The van der Waals surface area contributed by atoms with Crippen molar-refractivity contribution in [1.82, 2.24) is 0 Å². The number of hydrogen-bond donors (Lipinski definition) is 13. The number of esters is 1. The Labute approximate surface area is 326 Å². The van der Waals surface area contributed by atoms with Gasteiger partial charge in [0.25, 0.3) is 11.9 Å². The summed E-state index contributed by atoms with van der Waals surface area (Å²) in [4.78, 5) is 23.0. The summed E-state index contributed by atoms with van der Waals surface area (Å²) >= 11 is 0. The van der Waals surface area contributed by atoms with E-state index >= 15 is 0 Å². The molecule has 0 spiro atoms. The van der Waals surface area contributed by atoms with Crippen molar-refractivity contribution in [2.45, 2.75) is 98.5 Å². The fourth-order valence-corrected chi connectivity index (χ4v) is 6.51. The summed E-state index contributed by atoms with van der Waals surface area (Å²) < 4.78 is 43.7. The van der Waals surface area contributed by atoms with Crippen molar-refractivity contribution >= 4 is 18.0 Å². The van der Waals surface area contributed by atoms with E-state index in [0.717, 1.165) is 18.2 Å². The van der Waals surface area contributed by atoms with Crippen LogP contribution in [0.25, 0.3) is 6.08 Å². The minimum Gasteiger partial charge on any atom is -0.571 e. The van der Waals surface area contributed by atoms with Gasteiger partial charge in [-0.1, -0.05) is 0 Å². The number of aliphatic hydroxyl groups excluding tert-OH is 9. The average molecular weight is 832 g/mol. The number of hydrogen-bond acceptors (Lipinski definition) is 21. The van der Waals surface area contributed by atoms with Crippen LogP contribution in [0.2, 0.25) is 0 Å². The second kappa shape index (κ2) is 17.7. The van der Waals surface area contributed by atoms with Crippen LogP contribution in [-0.2, 0) is 38.0 Å². The van der Waals surface area contributed by atoms with Gasteiger partial charge >= 0.3 is 11.9 Å². The Morgan fingerprint density at radius 1 is 0.741 bits per heavy atom. The lowest BCUT2D eigenvalue weighted by molar-refractivity contribution is -0.353. The van der Waals surface area contributed by atoms with Crippen LogP contribution in [-0.4, -0.2) is 189 Å². The zero-order valence-electron chi connectivity index (χ0n) is 29.9. The molecule has 3 fully saturated rings. The predicted molar refractivity (Wildman–Crippen MR) is 182 cm³/mol. The predicted octanol–water partition coefficient (Wildman–Crippen LogP) is -4.38. The first-order valence-corrected chi connectivity index (χ1v) is 17.6. The number of carbonyl (C=O) groups is 2. The fraction of sp³-hybridized carbons (Fsp3) is 0.543. The van der Waals surface area contributed by atoms with Crippen LogP contribution in [0.4, 0.5) is 0 Å². The highest BCUT2D eigenvalue weighted by Crippen LogP contribution is 2.47. The van der Waals surface area contributed by atoms with Gasteiger partial charge < -0.3 is 104 Å². The van der Waals surface area contributed by atoms with Crippen molar-refractivity contribution in [3.63, 3.8) is 0 Å². The SMILES string of the molecule is O=C(O)CC(=O)OCC1OC(OC2=Cc3c(O)cc(OC4OC(CO)C(O)C(O)C4O)cc3[OH+]C2c2ccc(O)c(O)c2)C(OC2OCC(O)C(O)C2O)C(O)C1O. The van der Waals surface area contributed by atoms with E-state index in [1.807, 2.05) is 0 Å². The van der Waals surface area contributed by atoms with Crippen molar-refractivity contribution in [2.75, 3.05) is 19.8 Å². The number of fused-ring (bicyclic) bond motifs is 1. The lowest BCUT2D eigenvalue weighted by Gasteiger charge is -2.45. The van der Waals surface area contributed by atoms with Crippen LogP contribution >= 0.6 is 0 Å². The van der Waals surface area contributed by atoms with Gasteiger partial charge in [0.15, 0.2) is 29.7 Å². The molecule has 4 aliphatic rings. The van der Waals surface area contributed by atoms with Crippen molar-refractivity contribution in [3.05, 3.63) is 47.2 Å². The minimum absolute atomic E-state index is 0.0215. The molecule has 58 heavy (non-hydrogen) atoms. The highest BCUT2D eigenvalue weighted by atomic mass is 16.8. The number of rotatable bonds is 12. The van der Waals surface area contributed by atoms with E-state index in [9.17, 15) is 70.9 Å². The van der Waals surface area contributed by atoms with Crippen LogP contribution in [0.3, 0.4) is 0 Å². The standard InChI is InChI=1S/C35H42O23/c36-8-20-25(45)27(47)30(50)34(56-20)53-12-4-15(38)13-6-19(31(54-18(13)5-12)11-1-2-14(37)16(39)3-11)55-35-32(58-33-29(49)24(44)17(40)9-52-33)28(48)26(46)21(57-35)10-51-23(43)7-22(41)42/h1-6,17,20-21,24-40,44-50H,7-10H2,(H,41,42)/p+1. The number of carboxylic acids is 1. The normalized spacial score (nSPS) is 36.2. The third-order valence-corrected chi connectivity index (χ3v) is 9.70. The smallest absolute Gasteiger partial charge is 0.317 e. The lowest BCUT2D eigenvalue weighted by atomic mass is 9.97. The Hall–Kier alpha value is -4.60. The number of phenolic OH excluding ortho intramolecular Hbond substituents is 3. The molecule has 2 aromatic carbocycles. The minimum atomic E-state index is -2.01. The van der Waals surface area contributed by atoms with Gasteiger partial charge in [-0.2, -0.15) is 0 Å². The molecule has 23 nitrogen and oxygen atoms in total. The molecule has 15 atom stereocenters. The van der Waals surface area contributed by atoms with Gasteiger partial charge in [0.1, 0.15) is 91.1 Å². The molecule has 4 aliphatic heterocycles. The van der Waals surface area contributed by atoms with Crippen molar-refractivity contribution < 1.29 is 114 Å². The number of ether oxygens (including phenoxy) is 8. The molecule has 0 saturated carbocycles. The zero-order valence-corrected chi connectivity index (χ0v) is 29.9. The first-order chi connectivity index (χ1) is 27.5. The number of carbonyl (C=O) groups excluding carboxylic acids is 1. The zero-order chi connectivity index (χ0) is 42.2. The maximum atomic E-state index is 12.0. The maximum Gasteiger partial charge on any atom is 0.317 e. The number of phenols is 3. The molecular formula is C35H43O23+. The second-order valence-electron chi connectivity index (χ2n) is 13.8. The molecule has 23 heteroatoms. The van der Waals surface area contributed by atoms with E-state index in [-0.39, 0.29) is 28.4 Å². The first-order valence-electron chi connectivity index (χ1n) is 17.6. The van der Waals surface area contributed by atoms with Crippen molar-refractivity contribution in [1.29, 1.82) is 0 Å². The molecule has 0 radical (unpaired) electrons.